The van der Waals surface area contributed by atoms with Crippen molar-refractivity contribution in [3.63, 3.8) is 0 Å². The molecule has 2 rings (SSSR count). The number of carbonyl (C=O) groups excluding carboxylic acids is 1. The van der Waals surface area contributed by atoms with Crippen LogP contribution in [0.1, 0.15) is 10.4 Å². The Bertz CT molecular complexity index is 692. The monoisotopic (exact) mass is 322 g/mol. The molecule has 1 aromatic heterocycles. The minimum absolute atomic E-state index is 0.327. The van der Waals surface area contributed by atoms with Crippen molar-refractivity contribution in [2.24, 2.45) is 5.11 Å². The second-order valence-electron chi connectivity index (χ2n) is 3.85. The molecule has 0 atom stereocenters. The van der Waals surface area contributed by atoms with Crippen LogP contribution in [-0.4, -0.2) is 17.7 Å². The zero-order valence-electron chi connectivity index (χ0n) is 10.5. The van der Waals surface area contributed by atoms with Crippen molar-refractivity contribution in [1.29, 1.82) is 0 Å². The molecule has 0 saturated heterocycles. The second kappa shape index (κ2) is 6.95. The van der Waals surface area contributed by atoms with Gasteiger partial charge in [-0.25, -0.2) is 4.79 Å². The number of halogens is 2. The number of hydrogen-bond donors (Lipinski definition) is 0. The molecule has 0 N–H and O–H groups in total. The summed E-state index contributed by atoms with van der Waals surface area (Å²) < 4.78 is 4.74. The molecule has 0 radical (unpaired) electrons. The van der Waals surface area contributed by atoms with E-state index >= 15 is 0 Å². The highest BCUT2D eigenvalue weighted by Gasteiger charge is 2.11. The highest BCUT2D eigenvalue weighted by molar-refractivity contribution is 6.38. The quantitative estimate of drug-likeness (QED) is 0.359. The number of carbonyl (C=O) groups is 1. The van der Waals surface area contributed by atoms with Crippen molar-refractivity contribution in [2.75, 3.05) is 6.73 Å². The first kappa shape index (κ1) is 15.1. The minimum atomic E-state index is -0.583. The van der Waals surface area contributed by atoms with Gasteiger partial charge in [0.25, 0.3) is 0 Å². The van der Waals surface area contributed by atoms with Gasteiger partial charge in [0.1, 0.15) is 0 Å². The maximum absolute atomic E-state index is 11.6. The molecule has 0 fully saturated rings. The maximum atomic E-state index is 11.6. The van der Waals surface area contributed by atoms with Crippen molar-refractivity contribution < 1.29 is 9.53 Å². The molecule has 8 heteroatoms. The fourth-order valence-electron chi connectivity index (χ4n) is 1.66. The van der Waals surface area contributed by atoms with E-state index in [9.17, 15) is 4.79 Å². The van der Waals surface area contributed by atoms with Crippen LogP contribution in [0.4, 0.5) is 0 Å². The van der Waals surface area contributed by atoms with Crippen LogP contribution in [0, 0.1) is 0 Å². The normalized spacial score (nSPS) is 9.81. The molecule has 1 aromatic carbocycles. The Morgan fingerprint density at radius 3 is 2.43 bits per heavy atom. The molecule has 0 bridgehead atoms. The number of nitrogens with zero attached hydrogens (tertiary/aromatic N) is 4. The van der Waals surface area contributed by atoms with Gasteiger partial charge < -0.3 is 4.74 Å². The predicted octanol–water partition coefficient (Wildman–Crippen LogP) is 4.48. The summed E-state index contributed by atoms with van der Waals surface area (Å²) in [4.78, 5) is 18.0. The van der Waals surface area contributed by atoms with Gasteiger partial charge in [-0.2, -0.15) is 0 Å². The largest absolute Gasteiger partial charge is 0.456 e. The maximum Gasteiger partial charge on any atom is 0.338 e. The summed E-state index contributed by atoms with van der Waals surface area (Å²) in [7, 11) is 0. The summed E-state index contributed by atoms with van der Waals surface area (Å²) in [5, 5.41) is 3.96. The Morgan fingerprint density at radius 2 is 1.86 bits per heavy atom. The summed E-state index contributed by atoms with van der Waals surface area (Å²) >= 11 is 12.1. The Kier molecular flexibility index (Phi) is 5.00. The fraction of sp³-hybridized carbons (Fsp3) is 0.0769. The van der Waals surface area contributed by atoms with E-state index in [0.717, 1.165) is 5.56 Å². The van der Waals surface area contributed by atoms with Gasteiger partial charge in [-0.1, -0.05) is 40.4 Å². The van der Waals surface area contributed by atoms with Gasteiger partial charge in [0.2, 0.25) is 0 Å². The summed E-state index contributed by atoms with van der Waals surface area (Å²) in [6.45, 7) is -0.348. The standard InChI is InChI=1S/C13H8Cl2N4O2/c14-10-5-17-6-11(15)12(10)8-1-3-9(4-2-8)13(20)21-7-18-19-16/h1-6H,7H2. The van der Waals surface area contributed by atoms with Crippen LogP contribution in [-0.2, 0) is 4.74 Å². The molecule has 106 valence electrons. The number of benzene rings is 1. The van der Waals surface area contributed by atoms with E-state index in [1.54, 1.807) is 24.3 Å². The van der Waals surface area contributed by atoms with Crippen LogP contribution in [0.25, 0.3) is 21.6 Å². The number of aromatic nitrogens is 1. The number of pyridine rings is 1. The predicted molar refractivity (Wildman–Crippen MR) is 79.1 cm³/mol. The van der Waals surface area contributed by atoms with Crippen molar-refractivity contribution in [3.05, 3.63) is 62.7 Å². The molecule has 0 aliphatic heterocycles. The third-order valence-corrected chi connectivity index (χ3v) is 3.15. The van der Waals surface area contributed by atoms with Crippen LogP contribution < -0.4 is 0 Å². The van der Waals surface area contributed by atoms with Gasteiger partial charge in [-0.05, 0) is 23.2 Å². The molecule has 21 heavy (non-hydrogen) atoms. The van der Waals surface area contributed by atoms with Crippen LogP contribution in [0.15, 0.2) is 41.8 Å². The SMILES string of the molecule is [N-]=[N+]=NCOC(=O)c1ccc(-c2c(Cl)cncc2Cl)cc1. The third-order valence-electron chi connectivity index (χ3n) is 2.58. The molecular weight excluding hydrogens is 315 g/mol. The lowest BCUT2D eigenvalue weighted by atomic mass is 10.1. The smallest absolute Gasteiger partial charge is 0.338 e. The van der Waals surface area contributed by atoms with E-state index in [1.165, 1.54) is 12.4 Å². The highest BCUT2D eigenvalue weighted by Crippen LogP contribution is 2.33. The van der Waals surface area contributed by atoms with Gasteiger partial charge in [0.05, 0.1) is 15.6 Å². The van der Waals surface area contributed by atoms with Crippen LogP contribution in [0.2, 0.25) is 10.0 Å². The summed E-state index contributed by atoms with van der Waals surface area (Å²) in [5.41, 5.74) is 9.82. The summed E-state index contributed by atoms with van der Waals surface area (Å²) in [6.07, 6.45) is 2.98. The lowest BCUT2D eigenvalue weighted by Gasteiger charge is -2.07. The number of ether oxygens (including phenoxy) is 1. The first-order valence-electron chi connectivity index (χ1n) is 5.71. The molecule has 1 heterocycles. The van der Waals surface area contributed by atoms with Crippen molar-refractivity contribution in [2.45, 2.75) is 0 Å². The molecule has 6 nitrogen and oxygen atoms in total. The van der Waals surface area contributed by atoms with E-state index in [-0.39, 0.29) is 6.73 Å². The Labute approximate surface area is 129 Å². The van der Waals surface area contributed by atoms with Gasteiger partial charge >= 0.3 is 5.97 Å². The third kappa shape index (κ3) is 3.64. The zero-order valence-corrected chi connectivity index (χ0v) is 12.0. The van der Waals surface area contributed by atoms with E-state index in [2.05, 4.69) is 15.0 Å². The molecule has 0 saturated carbocycles. The van der Waals surface area contributed by atoms with Crippen LogP contribution in [0.3, 0.4) is 0 Å². The number of esters is 1. The van der Waals surface area contributed by atoms with Gasteiger partial charge in [0, 0.05) is 22.9 Å². The molecular formula is C13H8Cl2N4O2. The zero-order chi connectivity index (χ0) is 15.2. The highest BCUT2D eigenvalue weighted by atomic mass is 35.5. The number of hydrogen-bond acceptors (Lipinski definition) is 4. The van der Waals surface area contributed by atoms with Gasteiger partial charge in [0.15, 0.2) is 6.73 Å². The van der Waals surface area contributed by atoms with Gasteiger partial charge in [-0.3, -0.25) is 4.98 Å². The van der Waals surface area contributed by atoms with E-state index < -0.39 is 5.97 Å². The van der Waals surface area contributed by atoms with Crippen molar-refractivity contribution >= 4 is 29.2 Å². The van der Waals surface area contributed by atoms with E-state index in [4.69, 9.17) is 33.5 Å². The van der Waals surface area contributed by atoms with E-state index in [1.807, 2.05) is 0 Å². The molecule has 0 spiro atoms. The first-order valence-corrected chi connectivity index (χ1v) is 6.46. The fourth-order valence-corrected chi connectivity index (χ4v) is 2.24. The Balaban J connectivity index is 2.23. The van der Waals surface area contributed by atoms with Gasteiger partial charge in [-0.15, -0.1) is 0 Å². The Hall–Kier alpha value is -2.27. The minimum Gasteiger partial charge on any atom is -0.456 e. The topological polar surface area (TPSA) is 88.0 Å². The van der Waals surface area contributed by atoms with Crippen LogP contribution in [0.5, 0.6) is 0 Å². The molecule has 2 aromatic rings. The number of azide groups is 1. The average Bonchev–Trinajstić information content (AvgIpc) is 2.48. The van der Waals surface area contributed by atoms with Crippen molar-refractivity contribution in [1.82, 2.24) is 4.98 Å². The van der Waals surface area contributed by atoms with Crippen molar-refractivity contribution in [3.8, 4) is 11.1 Å². The molecule has 0 aliphatic carbocycles. The van der Waals surface area contributed by atoms with E-state index in [0.29, 0.717) is 21.2 Å². The molecule has 0 amide bonds. The first-order chi connectivity index (χ1) is 10.1. The molecule has 0 aliphatic rings. The lowest BCUT2D eigenvalue weighted by Crippen LogP contribution is -2.04. The lowest BCUT2D eigenvalue weighted by molar-refractivity contribution is 0.0515. The molecule has 0 unspecified atom stereocenters. The second-order valence-corrected chi connectivity index (χ2v) is 4.66. The number of rotatable bonds is 4. The summed E-state index contributed by atoms with van der Waals surface area (Å²) in [6, 6.07) is 6.52. The Morgan fingerprint density at radius 1 is 1.24 bits per heavy atom. The van der Waals surface area contributed by atoms with Crippen LogP contribution >= 0.6 is 23.2 Å². The average molecular weight is 323 g/mol. The summed E-state index contributed by atoms with van der Waals surface area (Å²) in [5.74, 6) is -0.583.